The van der Waals surface area contributed by atoms with Crippen molar-refractivity contribution in [1.82, 2.24) is 5.32 Å². The molecule has 35 heavy (non-hydrogen) atoms. The number of primary amides is 1. The number of likely N-dealkylation sites (tertiary alicyclic amines) is 1. The lowest BCUT2D eigenvalue weighted by atomic mass is 9.84. The van der Waals surface area contributed by atoms with Gasteiger partial charge < -0.3 is 20.9 Å². The fraction of sp³-hybridized carbons (Fsp3) is 0.654. The summed E-state index contributed by atoms with van der Waals surface area (Å²) >= 11 is 7.10. The highest BCUT2D eigenvalue weighted by Gasteiger charge is 2.58. The number of carbonyl (C=O) groups is 3. The predicted molar refractivity (Wildman–Crippen MR) is 133 cm³/mol. The molecule has 1 aromatic carbocycles. The van der Waals surface area contributed by atoms with E-state index in [-0.39, 0.29) is 12.5 Å². The van der Waals surface area contributed by atoms with Crippen LogP contribution in [-0.2, 0) is 20.9 Å². The van der Waals surface area contributed by atoms with Crippen LogP contribution in [0.4, 0.5) is 4.79 Å². The van der Waals surface area contributed by atoms with Crippen LogP contribution in [-0.4, -0.2) is 51.8 Å². The molecule has 1 aliphatic carbocycles. The summed E-state index contributed by atoms with van der Waals surface area (Å²) in [6.07, 6.45) is 3.84. The Kier molecular flexibility index (Phi) is 8.83. The lowest BCUT2D eigenvalue weighted by Crippen LogP contribution is -2.64. The molecule has 0 spiro atoms. The molecular formula is C26H39ClN3O5+. The van der Waals surface area contributed by atoms with E-state index < -0.39 is 45.6 Å². The smallest absolute Gasteiger partial charge is 0.407 e. The number of carbonyl (C=O) groups excluding carboxylic acids is 3. The first-order valence-corrected chi connectivity index (χ1v) is 13.0. The molecule has 1 aliphatic heterocycles. The number of halogens is 1. The molecule has 4 atom stereocenters. The third-order valence-corrected chi connectivity index (χ3v) is 7.77. The number of alkyl halides is 1. The summed E-state index contributed by atoms with van der Waals surface area (Å²) in [6.45, 7) is 5.80. The third-order valence-electron chi connectivity index (χ3n) is 7.19. The molecule has 8 nitrogen and oxygen atoms in total. The minimum Gasteiger partial charge on any atom is -0.444 e. The number of nitrogens with two attached hydrogens (primary N) is 1. The first-order valence-electron chi connectivity index (χ1n) is 12.6. The van der Waals surface area contributed by atoms with E-state index >= 15 is 0 Å². The summed E-state index contributed by atoms with van der Waals surface area (Å²) in [6, 6.07) is 6.40. The normalized spacial score (nSPS) is 25.0. The highest BCUT2D eigenvalue weighted by Crippen LogP contribution is 2.44. The number of rotatable bonds is 7. The molecule has 1 aromatic rings. The second-order valence-corrected chi connectivity index (χ2v) is 11.2. The number of hydrogen-bond donors (Lipinski definition) is 3. The Balaban J connectivity index is 1.93. The van der Waals surface area contributed by atoms with Crippen molar-refractivity contribution in [2.75, 3.05) is 6.54 Å². The summed E-state index contributed by atoms with van der Waals surface area (Å²) in [5, 5.41) is 13.9. The minimum absolute atomic E-state index is 0.134. The Bertz CT molecular complexity index is 928. The van der Waals surface area contributed by atoms with Gasteiger partial charge in [0.15, 0.2) is 17.6 Å². The van der Waals surface area contributed by atoms with Gasteiger partial charge in [-0.1, -0.05) is 55.1 Å². The van der Waals surface area contributed by atoms with Crippen LogP contribution in [0.2, 0.25) is 0 Å². The van der Waals surface area contributed by atoms with Gasteiger partial charge in [0.25, 0.3) is 5.91 Å². The molecule has 9 heteroatoms. The van der Waals surface area contributed by atoms with Crippen LogP contribution in [0.3, 0.4) is 0 Å². The van der Waals surface area contributed by atoms with Gasteiger partial charge in [0.2, 0.25) is 0 Å². The van der Waals surface area contributed by atoms with Crippen molar-refractivity contribution in [1.29, 1.82) is 0 Å². The van der Waals surface area contributed by atoms with Crippen LogP contribution in [0, 0.1) is 5.92 Å². The van der Waals surface area contributed by atoms with Gasteiger partial charge in [0.05, 0.1) is 6.54 Å². The second-order valence-electron chi connectivity index (χ2n) is 10.8. The van der Waals surface area contributed by atoms with Crippen molar-refractivity contribution in [3.05, 3.63) is 35.4 Å². The zero-order chi connectivity index (χ0) is 25.8. The van der Waals surface area contributed by atoms with Gasteiger partial charge in [0.1, 0.15) is 5.60 Å². The molecule has 0 bridgehead atoms. The number of nitrogens with one attached hydrogen (secondary N) is 1. The van der Waals surface area contributed by atoms with Crippen molar-refractivity contribution in [3.8, 4) is 0 Å². The molecule has 1 unspecified atom stereocenters. The van der Waals surface area contributed by atoms with Gasteiger partial charge in [0, 0.05) is 24.9 Å². The first-order chi connectivity index (χ1) is 16.5. The summed E-state index contributed by atoms with van der Waals surface area (Å²) < 4.78 is 4.92. The number of aliphatic hydroxyl groups excluding tert-OH is 1. The van der Waals surface area contributed by atoms with Gasteiger partial charge in [-0.15, -0.1) is 0 Å². The molecule has 0 radical (unpaired) electrons. The maximum absolute atomic E-state index is 14.0. The molecule has 2 aliphatic rings. The maximum Gasteiger partial charge on any atom is 0.407 e. The monoisotopic (exact) mass is 508 g/mol. The number of alkyl carbamates (subject to hydrolysis) is 1. The van der Waals surface area contributed by atoms with Crippen molar-refractivity contribution in [2.24, 2.45) is 11.7 Å². The van der Waals surface area contributed by atoms with E-state index in [4.69, 9.17) is 22.1 Å². The number of amides is 3. The summed E-state index contributed by atoms with van der Waals surface area (Å²) in [5.74, 6) is -1.18. The van der Waals surface area contributed by atoms with Gasteiger partial charge in [-0.2, -0.15) is 0 Å². The van der Waals surface area contributed by atoms with Crippen LogP contribution in [0.1, 0.15) is 82.3 Å². The molecule has 194 valence electrons. The van der Waals surface area contributed by atoms with E-state index in [1.54, 1.807) is 32.9 Å². The van der Waals surface area contributed by atoms with Crippen molar-refractivity contribution >= 4 is 29.5 Å². The molecule has 4 N–H and O–H groups in total. The van der Waals surface area contributed by atoms with Gasteiger partial charge in [-0.25, -0.2) is 14.1 Å². The molecule has 0 aromatic heterocycles. The van der Waals surface area contributed by atoms with E-state index in [1.807, 2.05) is 12.1 Å². The quantitative estimate of drug-likeness (QED) is 0.293. The fourth-order valence-electron chi connectivity index (χ4n) is 5.50. The number of benzene rings is 1. The highest BCUT2D eigenvalue weighted by molar-refractivity contribution is 6.20. The van der Waals surface area contributed by atoms with Crippen molar-refractivity contribution < 1.29 is 28.7 Å². The van der Waals surface area contributed by atoms with Crippen LogP contribution < -0.4 is 11.1 Å². The average molecular weight is 509 g/mol. The summed E-state index contributed by atoms with van der Waals surface area (Å²) in [5.41, 5.74) is 5.51. The molecule has 1 heterocycles. The van der Waals surface area contributed by atoms with E-state index in [2.05, 4.69) is 5.32 Å². The lowest BCUT2D eigenvalue weighted by Gasteiger charge is -2.42. The van der Waals surface area contributed by atoms with E-state index in [1.165, 1.54) is 0 Å². The molecular weight excluding hydrogens is 470 g/mol. The maximum atomic E-state index is 14.0. The summed E-state index contributed by atoms with van der Waals surface area (Å²) in [4.78, 5) is 38.7. The van der Waals surface area contributed by atoms with E-state index in [0.717, 1.165) is 32.1 Å². The SMILES string of the molecule is CC(C)(C)OC(=O)NCc1ccccc1C(Cl)[N@@+]1(C(=O)[C@H](O)C2CCCCC2)CCC[C@H]1C(N)=O. The van der Waals surface area contributed by atoms with Gasteiger partial charge in [-0.05, 0) is 45.1 Å². The Hall–Kier alpha value is -2.16. The molecule has 1 saturated carbocycles. The third kappa shape index (κ3) is 6.16. The van der Waals surface area contributed by atoms with Crippen LogP contribution in [0.5, 0.6) is 0 Å². The van der Waals surface area contributed by atoms with Gasteiger partial charge in [-0.3, -0.25) is 4.79 Å². The second kappa shape index (κ2) is 11.3. The van der Waals surface area contributed by atoms with Crippen LogP contribution in [0.25, 0.3) is 0 Å². The van der Waals surface area contributed by atoms with Crippen LogP contribution in [0.15, 0.2) is 24.3 Å². The number of ether oxygens (including phenoxy) is 1. The largest absolute Gasteiger partial charge is 0.444 e. The zero-order valence-corrected chi connectivity index (χ0v) is 21.7. The number of quaternary nitrogens is 1. The van der Waals surface area contributed by atoms with Crippen molar-refractivity contribution in [3.63, 3.8) is 0 Å². The topological polar surface area (TPSA) is 119 Å². The minimum atomic E-state index is -1.21. The lowest BCUT2D eigenvalue weighted by molar-refractivity contribution is -0.876. The van der Waals surface area contributed by atoms with E-state index in [0.29, 0.717) is 30.5 Å². The van der Waals surface area contributed by atoms with Crippen molar-refractivity contribution in [2.45, 2.75) is 95.5 Å². The molecule has 3 amide bonds. The molecule has 3 rings (SSSR count). The Morgan fingerprint density at radius 2 is 1.80 bits per heavy atom. The fourth-order valence-corrected chi connectivity index (χ4v) is 6.05. The predicted octanol–water partition coefficient (Wildman–Crippen LogP) is 3.88. The average Bonchev–Trinajstić information content (AvgIpc) is 3.27. The Morgan fingerprint density at radius 1 is 1.14 bits per heavy atom. The molecule has 1 saturated heterocycles. The van der Waals surface area contributed by atoms with Gasteiger partial charge >= 0.3 is 12.0 Å². The Labute approximate surface area is 212 Å². The highest BCUT2D eigenvalue weighted by atomic mass is 35.5. The standard InChI is InChI=1S/C26H38ClN3O5/c1-26(2,3)35-25(34)29-16-18-12-7-8-13-19(18)22(27)30(15-9-14-20(30)23(28)32)24(33)21(31)17-10-5-4-6-11-17/h7-8,12-13,17,20-22,31H,4-6,9-11,14-16H2,1-3H3,(H2-,28,29,32,34)/p+1/t20-,21+,22?,30+/m0/s1. The summed E-state index contributed by atoms with van der Waals surface area (Å²) in [7, 11) is 0. The number of nitrogens with zero attached hydrogens (tertiary/aromatic N) is 1. The number of hydrogen-bond acceptors (Lipinski definition) is 5. The first kappa shape index (κ1) is 27.4. The Morgan fingerprint density at radius 3 is 2.43 bits per heavy atom. The number of aliphatic hydroxyl groups is 1. The van der Waals surface area contributed by atoms with Crippen LogP contribution >= 0.6 is 11.6 Å². The van der Waals surface area contributed by atoms with E-state index in [9.17, 15) is 19.5 Å². The zero-order valence-electron chi connectivity index (χ0n) is 21.0. The molecule has 2 fully saturated rings.